The van der Waals surface area contributed by atoms with Crippen LogP contribution in [0.5, 0.6) is 5.88 Å². The van der Waals surface area contributed by atoms with Crippen molar-refractivity contribution in [1.82, 2.24) is 9.97 Å². The molecule has 0 aliphatic heterocycles. The molecule has 0 unspecified atom stereocenters. The van der Waals surface area contributed by atoms with Crippen LogP contribution in [0.1, 0.15) is 23.7 Å². The summed E-state index contributed by atoms with van der Waals surface area (Å²) in [6.07, 6.45) is 3.72. The van der Waals surface area contributed by atoms with Crippen LogP contribution in [0.4, 0.5) is 15.9 Å². The van der Waals surface area contributed by atoms with Gasteiger partial charge in [-0.2, -0.15) is 4.98 Å². The van der Waals surface area contributed by atoms with Gasteiger partial charge in [0.1, 0.15) is 5.82 Å². The first-order valence-corrected chi connectivity index (χ1v) is 6.35. The molecule has 1 aromatic heterocycles. The number of nitrogens with zero attached hydrogens (tertiary/aromatic N) is 2. The number of carbonyl (C=O) groups is 1. The molecule has 0 aliphatic carbocycles. The van der Waals surface area contributed by atoms with Crippen molar-refractivity contribution < 1.29 is 19.0 Å². The van der Waals surface area contributed by atoms with Gasteiger partial charge in [0.05, 0.1) is 30.3 Å². The van der Waals surface area contributed by atoms with Crippen LogP contribution in [-0.4, -0.2) is 27.7 Å². The molecule has 0 fully saturated rings. The molecule has 2 rings (SSSR count). The van der Waals surface area contributed by atoms with Crippen LogP contribution < -0.4 is 10.1 Å². The van der Waals surface area contributed by atoms with Gasteiger partial charge < -0.3 is 15.2 Å². The van der Waals surface area contributed by atoms with Gasteiger partial charge >= 0.3 is 5.97 Å². The standard InChI is InChI=1S/C14H14FN3O3/c1-2-5-21-13-8-16-7-12(18-13)17-11-4-3-9(14(19)20)6-10(11)15/h3-4,6-8H,2,5H2,1H3,(H,17,18)(H,19,20). The first-order valence-electron chi connectivity index (χ1n) is 6.35. The molecule has 0 radical (unpaired) electrons. The molecule has 21 heavy (non-hydrogen) atoms. The van der Waals surface area contributed by atoms with Gasteiger partial charge in [-0.3, -0.25) is 4.98 Å². The molecule has 7 heteroatoms. The lowest BCUT2D eigenvalue weighted by Crippen LogP contribution is -2.03. The number of hydrogen-bond donors (Lipinski definition) is 2. The number of aromatic nitrogens is 2. The summed E-state index contributed by atoms with van der Waals surface area (Å²) in [4.78, 5) is 18.8. The van der Waals surface area contributed by atoms with Crippen molar-refractivity contribution in [2.45, 2.75) is 13.3 Å². The lowest BCUT2D eigenvalue weighted by Gasteiger charge is -2.09. The lowest BCUT2D eigenvalue weighted by molar-refractivity contribution is 0.0696. The highest BCUT2D eigenvalue weighted by Gasteiger charge is 2.09. The Morgan fingerprint density at radius 2 is 2.24 bits per heavy atom. The predicted octanol–water partition coefficient (Wildman–Crippen LogP) is 2.85. The summed E-state index contributed by atoms with van der Waals surface area (Å²) >= 11 is 0. The van der Waals surface area contributed by atoms with Crippen LogP contribution in [0.25, 0.3) is 0 Å². The first-order chi connectivity index (χ1) is 10.1. The fourth-order valence-electron chi connectivity index (χ4n) is 1.57. The average molecular weight is 291 g/mol. The van der Waals surface area contributed by atoms with Crippen LogP contribution in [-0.2, 0) is 0 Å². The molecule has 1 heterocycles. The second-order valence-corrected chi connectivity index (χ2v) is 4.22. The Bertz CT molecular complexity index is 649. The fourth-order valence-corrected chi connectivity index (χ4v) is 1.57. The van der Waals surface area contributed by atoms with Gasteiger partial charge in [0, 0.05) is 0 Å². The SMILES string of the molecule is CCCOc1cncc(Nc2ccc(C(=O)O)cc2F)n1. The number of hydrogen-bond acceptors (Lipinski definition) is 5. The molecule has 0 amide bonds. The van der Waals surface area contributed by atoms with E-state index in [0.717, 1.165) is 12.5 Å². The summed E-state index contributed by atoms with van der Waals surface area (Å²) in [6.45, 7) is 2.48. The van der Waals surface area contributed by atoms with Crippen LogP contribution in [0.3, 0.4) is 0 Å². The largest absolute Gasteiger partial charge is 0.478 e. The Labute approximate surface area is 120 Å². The number of carboxylic acid groups (broad SMARTS) is 1. The lowest BCUT2D eigenvalue weighted by atomic mass is 10.2. The summed E-state index contributed by atoms with van der Waals surface area (Å²) in [5.74, 6) is -1.22. The first kappa shape index (κ1) is 14.7. The monoisotopic (exact) mass is 291 g/mol. The number of benzene rings is 1. The van der Waals surface area contributed by atoms with Crippen molar-refractivity contribution in [2.24, 2.45) is 0 Å². The highest BCUT2D eigenvalue weighted by molar-refractivity contribution is 5.88. The zero-order valence-electron chi connectivity index (χ0n) is 11.3. The van der Waals surface area contributed by atoms with E-state index in [9.17, 15) is 9.18 Å². The smallest absolute Gasteiger partial charge is 0.335 e. The highest BCUT2D eigenvalue weighted by Crippen LogP contribution is 2.20. The van der Waals surface area contributed by atoms with Gasteiger partial charge in [0.25, 0.3) is 0 Å². The molecule has 0 spiro atoms. The van der Waals surface area contributed by atoms with E-state index in [1.165, 1.54) is 24.5 Å². The van der Waals surface area contributed by atoms with Crippen molar-refractivity contribution in [3.8, 4) is 5.88 Å². The van der Waals surface area contributed by atoms with E-state index in [0.29, 0.717) is 18.3 Å². The van der Waals surface area contributed by atoms with Crippen molar-refractivity contribution in [1.29, 1.82) is 0 Å². The maximum absolute atomic E-state index is 13.8. The normalized spacial score (nSPS) is 10.2. The van der Waals surface area contributed by atoms with Gasteiger partial charge in [-0.1, -0.05) is 6.92 Å². The van der Waals surface area contributed by atoms with Gasteiger partial charge in [0.15, 0.2) is 5.82 Å². The van der Waals surface area contributed by atoms with Crippen LogP contribution in [0.2, 0.25) is 0 Å². The Morgan fingerprint density at radius 3 is 2.90 bits per heavy atom. The number of anilines is 2. The van der Waals surface area contributed by atoms with Crippen molar-refractivity contribution in [3.63, 3.8) is 0 Å². The Kier molecular flexibility index (Phi) is 4.65. The third kappa shape index (κ3) is 3.88. The van der Waals surface area contributed by atoms with E-state index in [-0.39, 0.29) is 11.3 Å². The van der Waals surface area contributed by atoms with Crippen molar-refractivity contribution in [3.05, 3.63) is 42.0 Å². The summed E-state index contributed by atoms with van der Waals surface area (Å²) < 4.78 is 19.1. The minimum atomic E-state index is -1.18. The molecule has 0 atom stereocenters. The Balaban J connectivity index is 2.16. The second kappa shape index (κ2) is 6.65. The fraction of sp³-hybridized carbons (Fsp3) is 0.214. The minimum Gasteiger partial charge on any atom is -0.478 e. The third-order valence-corrected chi connectivity index (χ3v) is 2.55. The molecule has 2 N–H and O–H groups in total. The Morgan fingerprint density at radius 1 is 1.43 bits per heavy atom. The topological polar surface area (TPSA) is 84.3 Å². The van der Waals surface area contributed by atoms with E-state index in [1.54, 1.807) is 0 Å². The summed E-state index contributed by atoms with van der Waals surface area (Å²) in [6, 6.07) is 3.58. The van der Waals surface area contributed by atoms with Crippen molar-refractivity contribution >= 4 is 17.5 Å². The van der Waals surface area contributed by atoms with Crippen LogP contribution >= 0.6 is 0 Å². The Hall–Kier alpha value is -2.70. The molecule has 0 aliphatic rings. The number of aromatic carboxylic acids is 1. The molecule has 2 aromatic rings. The molecular weight excluding hydrogens is 277 g/mol. The third-order valence-electron chi connectivity index (χ3n) is 2.55. The quantitative estimate of drug-likeness (QED) is 0.851. The minimum absolute atomic E-state index is 0.113. The van der Waals surface area contributed by atoms with Gasteiger partial charge in [-0.05, 0) is 24.6 Å². The van der Waals surface area contributed by atoms with Crippen LogP contribution in [0.15, 0.2) is 30.6 Å². The van der Waals surface area contributed by atoms with Crippen LogP contribution in [0, 0.1) is 5.82 Å². The summed E-state index contributed by atoms with van der Waals surface area (Å²) in [7, 11) is 0. The van der Waals surface area contributed by atoms with E-state index in [2.05, 4.69) is 15.3 Å². The van der Waals surface area contributed by atoms with Gasteiger partial charge in [-0.25, -0.2) is 9.18 Å². The van der Waals surface area contributed by atoms with E-state index >= 15 is 0 Å². The number of ether oxygens (including phenoxy) is 1. The van der Waals surface area contributed by atoms with Gasteiger partial charge in [0.2, 0.25) is 5.88 Å². The zero-order valence-corrected chi connectivity index (χ0v) is 11.3. The molecule has 6 nitrogen and oxygen atoms in total. The molecule has 0 saturated carbocycles. The molecule has 0 bridgehead atoms. The molecule has 110 valence electrons. The second-order valence-electron chi connectivity index (χ2n) is 4.22. The highest BCUT2D eigenvalue weighted by atomic mass is 19.1. The van der Waals surface area contributed by atoms with E-state index < -0.39 is 11.8 Å². The number of halogens is 1. The summed E-state index contributed by atoms with van der Waals surface area (Å²) in [5.41, 5.74) is -0.00824. The number of nitrogens with one attached hydrogen (secondary N) is 1. The summed E-state index contributed by atoms with van der Waals surface area (Å²) in [5, 5.41) is 11.5. The maximum atomic E-state index is 13.8. The molecule has 0 saturated heterocycles. The average Bonchev–Trinajstić information content (AvgIpc) is 2.47. The predicted molar refractivity (Wildman–Crippen MR) is 74.5 cm³/mol. The molecular formula is C14H14FN3O3. The molecule has 1 aromatic carbocycles. The maximum Gasteiger partial charge on any atom is 0.335 e. The number of carboxylic acids is 1. The van der Waals surface area contributed by atoms with Crippen molar-refractivity contribution in [2.75, 3.05) is 11.9 Å². The number of rotatable bonds is 6. The van der Waals surface area contributed by atoms with E-state index in [4.69, 9.17) is 9.84 Å². The zero-order chi connectivity index (χ0) is 15.2. The van der Waals surface area contributed by atoms with E-state index in [1.807, 2.05) is 6.92 Å². The van der Waals surface area contributed by atoms with Gasteiger partial charge in [-0.15, -0.1) is 0 Å².